The third-order valence-corrected chi connectivity index (χ3v) is 5.95. The fraction of sp³-hybridized carbons (Fsp3) is 0.429. The van der Waals surface area contributed by atoms with Crippen LogP contribution in [0.25, 0.3) is 5.76 Å². The van der Waals surface area contributed by atoms with Gasteiger partial charge in [-0.1, -0.05) is 13.0 Å². The van der Waals surface area contributed by atoms with Crippen LogP contribution in [0.3, 0.4) is 0 Å². The summed E-state index contributed by atoms with van der Waals surface area (Å²) in [5.74, 6) is 0.174. The number of aliphatic hydroxyl groups is 1. The number of carbonyl (C=O) groups is 2. The minimum Gasteiger partial charge on any atom is -0.507 e. The van der Waals surface area contributed by atoms with E-state index in [0.29, 0.717) is 54.6 Å². The molecule has 0 bridgehead atoms. The summed E-state index contributed by atoms with van der Waals surface area (Å²) < 4.78 is 16.8. The van der Waals surface area contributed by atoms with Gasteiger partial charge in [0.25, 0.3) is 11.7 Å². The normalized spacial score (nSPS) is 17.1. The van der Waals surface area contributed by atoms with Crippen LogP contribution < -0.4 is 14.2 Å². The molecule has 0 aromatic heterocycles. The van der Waals surface area contributed by atoms with E-state index in [1.165, 1.54) is 12.0 Å². The van der Waals surface area contributed by atoms with E-state index in [0.717, 1.165) is 13.0 Å². The van der Waals surface area contributed by atoms with Gasteiger partial charge in [0.1, 0.15) is 11.5 Å². The number of aliphatic hydroxyl groups excluding tert-OH is 1. The van der Waals surface area contributed by atoms with Crippen LogP contribution in [0.5, 0.6) is 17.2 Å². The third-order valence-electron chi connectivity index (χ3n) is 5.95. The smallest absolute Gasteiger partial charge is 0.295 e. The number of nitrogens with zero attached hydrogens (tertiary/aromatic N) is 2. The maximum atomic E-state index is 13.2. The maximum Gasteiger partial charge on any atom is 0.295 e. The molecule has 0 radical (unpaired) electrons. The molecule has 1 saturated heterocycles. The van der Waals surface area contributed by atoms with Crippen LogP contribution in [0.4, 0.5) is 0 Å². The van der Waals surface area contributed by atoms with Crippen molar-refractivity contribution in [2.75, 3.05) is 47.5 Å². The van der Waals surface area contributed by atoms with Crippen LogP contribution in [-0.2, 0) is 9.59 Å². The molecule has 3 rings (SSSR count). The van der Waals surface area contributed by atoms with Crippen molar-refractivity contribution in [3.8, 4) is 17.2 Å². The second-order valence-corrected chi connectivity index (χ2v) is 8.87. The van der Waals surface area contributed by atoms with Crippen molar-refractivity contribution in [2.45, 2.75) is 32.7 Å². The Hall–Kier alpha value is -3.52. The number of Topliss-reactive ketones (excluding diaryl/α,β-unsaturated/α-hetero) is 1. The largest absolute Gasteiger partial charge is 0.507 e. The third kappa shape index (κ3) is 5.99. The van der Waals surface area contributed by atoms with Crippen molar-refractivity contribution in [1.82, 2.24) is 9.80 Å². The summed E-state index contributed by atoms with van der Waals surface area (Å²) in [6, 6.07) is 11.4. The highest BCUT2D eigenvalue weighted by atomic mass is 16.5. The number of likely N-dealkylation sites (tertiary alicyclic amines) is 1. The van der Waals surface area contributed by atoms with Gasteiger partial charge >= 0.3 is 0 Å². The van der Waals surface area contributed by atoms with Crippen molar-refractivity contribution in [3.05, 3.63) is 59.2 Å². The summed E-state index contributed by atoms with van der Waals surface area (Å²) in [7, 11) is 5.45. The monoisotopic (exact) mass is 496 g/mol. The van der Waals surface area contributed by atoms with Gasteiger partial charge in [-0.2, -0.15) is 0 Å². The van der Waals surface area contributed by atoms with Crippen LogP contribution in [0.1, 0.15) is 43.9 Å². The number of hydrogen-bond acceptors (Lipinski definition) is 7. The number of ketones is 1. The number of amides is 1. The van der Waals surface area contributed by atoms with Gasteiger partial charge in [-0.15, -0.1) is 0 Å². The molecule has 0 spiro atoms. The zero-order valence-corrected chi connectivity index (χ0v) is 21.7. The molecule has 1 fully saturated rings. The lowest BCUT2D eigenvalue weighted by molar-refractivity contribution is -0.139. The van der Waals surface area contributed by atoms with Crippen molar-refractivity contribution in [3.63, 3.8) is 0 Å². The molecule has 1 heterocycles. The van der Waals surface area contributed by atoms with E-state index < -0.39 is 17.7 Å². The predicted molar refractivity (Wildman–Crippen MR) is 139 cm³/mol. The fourth-order valence-electron chi connectivity index (χ4n) is 4.23. The molecule has 0 saturated carbocycles. The Morgan fingerprint density at radius 2 is 1.75 bits per heavy atom. The van der Waals surface area contributed by atoms with Gasteiger partial charge in [-0.05, 0) is 82.4 Å². The Kier molecular flexibility index (Phi) is 9.36. The lowest BCUT2D eigenvalue weighted by Gasteiger charge is -2.26. The van der Waals surface area contributed by atoms with Crippen molar-refractivity contribution in [2.24, 2.45) is 0 Å². The molecule has 2 aromatic carbocycles. The quantitative estimate of drug-likeness (QED) is 0.267. The summed E-state index contributed by atoms with van der Waals surface area (Å²) in [4.78, 5) is 29.9. The van der Waals surface area contributed by atoms with Gasteiger partial charge in [0.15, 0.2) is 11.5 Å². The molecule has 1 unspecified atom stereocenters. The molecule has 1 aliphatic rings. The Balaban J connectivity index is 2.08. The maximum absolute atomic E-state index is 13.2. The van der Waals surface area contributed by atoms with Crippen LogP contribution in [0.15, 0.2) is 48.0 Å². The standard InChI is InChI=1S/C28H36N2O6/c1-6-17-36-21-12-9-19(10-13-21)26(31)24-25(20-11-14-22(35-7-2)23(18-20)34-5)30(28(33)27(24)32)16-8-15-29(3)4/h9-14,18,25,31H,6-8,15-17H2,1-5H3/b26-24-. The molecule has 0 aliphatic carbocycles. The van der Waals surface area contributed by atoms with E-state index in [-0.39, 0.29) is 11.3 Å². The van der Waals surface area contributed by atoms with E-state index in [2.05, 4.69) is 0 Å². The summed E-state index contributed by atoms with van der Waals surface area (Å²) in [5.41, 5.74) is 1.15. The second kappa shape index (κ2) is 12.4. The first kappa shape index (κ1) is 27.1. The van der Waals surface area contributed by atoms with Crippen molar-refractivity contribution >= 4 is 17.4 Å². The lowest BCUT2D eigenvalue weighted by Crippen LogP contribution is -2.32. The first-order valence-electron chi connectivity index (χ1n) is 12.3. The van der Waals surface area contributed by atoms with E-state index in [1.807, 2.05) is 32.8 Å². The number of rotatable bonds is 12. The van der Waals surface area contributed by atoms with Gasteiger partial charge < -0.3 is 29.1 Å². The number of ether oxygens (including phenoxy) is 3. The average Bonchev–Trinajstić information content (AvgIpc) is 3.12. The highest BCUT2D eigenvalue weighted by molar-refractivity contribution is 6.46. The van der Waals surface area contributed by atoms with Crippen molar-refractivity contribution in [1.29, 1.82) is 0 Å². The summed E-state index contributed by atoms with van der Waals surface area (Å²) in [6.45, 7) is 6.07. The zero-order valence-electron chi connectivity index (χ0n) is 21.7. The Morgan fingerprint density at radius 1 is 1.03 bits per heavy atom. The van der Waals surface area contributed by atoms with E-state index in [9.17, 15) is 14.7 Å². The van der Waals surface area contributed by atoms with Gasteiger partial charge in [-0.3, -0.25) is 9.59 Å². The number of methoxy groups -OCH3 is 1. The molecule has 194 valence electrons. The predicted octanol–water partition coefficient (Wildman–Crippen LogP) is 4.26. The van der Waals surface area contributed by atoms with Gasteiger partial charge in [-0.25, -0.2) is 0 Å². The van der Waals surface area contributed by atoms with E-state index in [4.69, 9.17) is 14.2 Å². The van der Waals surface area contributed by atoms with Gasteiger partial charge in [0.2, 0.25) is 0 Å². The summed E-state index contributed by atoms with van der Waals surface area (Å²) in [5, 5.41) is 11.3. The van der Waals surface area contributed by atoms with Crippen molar-refractivity contribution < 1.29 is 28.9 Å². The summed E-state index contributed by atoms with van der Waals surface area (Å²) in [6.07, 6.45) is 1.55. The topological polar surface area (TPSA) is 88.5 Å². The molecule has 8 heteroatoms. The van der Waals surface area contributed by atoms with Gasteiger partial charge in [0, 0.05) is 12.1 Å². The van der Waals surface area contributed by atoms with E-state index >= 15 is 0 Å². The average molecular weight is 497 g/mol. The van der Waals surface area contributed by atoms with Gasteiger partial charge in [0.05, 0.1) is 31.9 Å². The highest BCUT2D eigenvalue weighted by Crippen LogP contribution is 2.42. The first-order valence-corrected chi connectivity index (χ1v) is 12.3. The Labute approximate surface area is 213 Å². The van der Waals surface area contributed by atoms with Crippen LogP contribution in [-0.4, -0.2) is 74.1 Å². The molecule has 1 aliphatic heterocycles. The minimum atomic E-state index is -0.757. The van der Waals surface area contributed by atoms with Crippen LogP contribution in [0, 0.1) is 0 Å². The zero-order chi connectivity index (χ0) is 26.2. The van der Waals surface area contributed by atoms with E-state index in [1.54, 1.807) is 42.5 Å². The Morgan fingerprint density at radius 3 is 2.36 bits per heavy atom. The minimum absolute atomic E-state index is 0.0540. The molecule has 2 aromatic rings. The first-order chi connectivity index (χ1) is 17.3. The molecule has 1 N–H and O–H groups in total. The van der Waals surface area contributed by atoms with Crippen LogP contribution >= 0.6 is 0 Å². The second-order valence-electron chi connectivity index (χ2n) is 8.87. The lowest BCUT2D eigenvalue weighted by atomic mass is 9.95. The summed E-state index contributed by atoms with van der Waals surface area (Å²) >= 11 is 0. The number of benzene rings is 2. The molecule has 1 amide bonds. The highest BCUT2D eigenvalue weighted by Gasteiger charge is 2.46. The SMILES string of the molecule is CCCOc1ccc(/C(O)=C2/C(=O)C(=O)N(CCCN(C)C)C2c2ccc(OCC)c(OC)c2)cc1. The fourth-order valence-corrected chi connectivity index (χ4v) is 4.23. The molecular weight excluding hydrogens is 460 g/mol. The number of carbonyl (C=O) groups excluding carboxylic acids is 2. The number of hydrogen-bond donors (Lipinski definition) is 1. The molecule has 36 heavy (non-hydrogen) atoms. The molecule has 1 atom stereocenters. The Bertz CT molecular complexity index is 1090. The molecule has 8 nitrogen and oxygen atoms in total. The molecular formula is C28H36N2O6. The van der Waals surface area contributed by atoms with Crippen LogP contribution in [0.2, 0.25) is 0 Å².